The largest absolute Gasteiger partial charge is 0.444 e. The van der Waals surface area contributed by atoms with Gasteiger partial charge in [0.25, 0.3) is 0 Å². The lowest BCUT2D eigenvalue weighted by Gasteiger charge is -2.26. The Bertz CT molecular complexity index is 494. The molecule has 1 amide bonds. The highest BCUT2D eigenvalue weighted by molar-refractivity contribution is 5.67. The van der Waals surface area contributed by atoms with E-state index in [2.05, 4.69) is 43.4 Å². The number of benzene rings is 1. The van der Waals surface area contributed by atoms with E-state index in [9.17, 15) is 4.79 Å². The second-order valence-electron chi connectivity index (χ2n) is 7.22. The van der Waals surface area contributed by atoms with E-state index in [0.717, 1.165) is 19.5 Å². The maximum atomic E-state index is 12.0. The molecule has 0 aliphatic heterocycles. The molecule has 4 heteroatoms. The molecule has 0 bridgehead atoms. The summed E-state index contributed by atoms with van der Waals surface area (Å²) >= 11 is 0. The molecule has 1 rings (SSSR count). The Morgan fingerprint density at radius 3 is 2.43 bits per heavy atom. The molecule has 0 saturated heterocycles. The maximum Gasteiger partial charge on any atom is 0.410 e. The first-order chi connectivity index (χ1) is 10.7. The number of ether oxygens (including phenoxy) is 1. The monoisotopic (exact) mass is 320 g/mol. The Morgan fingerprint density at radius 1 is 1.26 bits per heavy atom. The topological polar surface area (TPSA) is 41.6 Å². The van der Waals surface area contributed by atoms with E-state index in [-0.39, 0.29) is 6.09 Å². The van der Waals surface area contributed by atoms with E-state index in [1.807, 2.05) is 20.8 Å². The number of nitrogens with zero attached hydrogens (tertiary/aromatic N) is 1. The van der Waals surface area contributed by atoms with Crippen LogP contribution in [0.2, 0.25) is 0 Å². The van der Waals surface area contributed by atoms with E-state index >= 15 is 0 Å². The highest BCUT2D eigenvalue weighted by Gasteiger charge is 2.20. The number of carbonyl (C=O) groups is 1. The zero-order valence-electron chi connectivity index (χ0n) is 15.5. The Kier molecular flexibility index (Phi) is 7.56. The van der Waals surface area contributed by atoms with Crippen LogP contribution in [0.4, 0.5) is 4.79 Å². The number of carbonyl (C=O) groups excluding carboxylic acids is 1. The second kappa shape index (κ2) is 8.92. The zero-order valence-corrected chi connectivity index (χ0v) is 15.5. The minimum atomic E-state index is -0.448. The van der Waals surface area contributed by atoms with Crippen LogP contribution < -0.4 is 5.32 Å². The molecule has 1 atom stereocenters. The van der Waals surface area contributed by atoms with E-state index in [0.29, 0.717) is 12.5 Å². The zero-order chi connectivity index (χ0) is 17.5. The van der Waals surface area contributed by atoms with Gasteiger partial charge in [0.2, 0.25) is 0 Å². The van der Waals surface area contributed by atoms with Crippen LogP contribution in [-0.4, -0.2) is 36.7 Å². The van der Waals surface area contributed by atoms with Gasteiger partial charge in [0.15, 0.2) is 0 Å². The summed E-state index contributed by atoms with van der Waals surface area (Å²) in [7, 11) is 1.79. The van der Waals surface area contributed by atoms with Crippen molar-refractivity contribution in [2.45, 2.75) is 53.2 Å². The lowest BCUT2D eigenvalue weighted by molar-refractivity contribution is 0.0277. The van der Waals surface area contributed by atoms with Gasteiger partial charge in [-0.1, -0.05) is 38.1 Å². The van der Waals surface area contributed by atoms with Crippen molar-refractivity contribution in [1.82, 2.24) is 10.2 Å². The fourth-order valence-corrected chi connectivity index (χ4v) is 2.47. The maximum absolute atomic E-state index is 12.0. The molecule has 0 heterocycles. The average Bonchev–Trinajstić information content (AvgIpc) is 2.45. The predicted molar refractivity (Wildman–Crippen MR) is 95.6 cm³/mol. The van der Waals surface area contributed by atoms with Gasteiger partial charge in [0.1, 0.15) is 5.60 Å². The first-order valence-electron chi connectivity index (χ1n) is 8.44. The first kappa shape index (κ1) is 19.5. The van der Waals surface area contributed by atoms with E-state index in [4.69, 9.17) is 4.74 Å². The number of amides is 1. The van der Waals surface area contributed by atoms with Crippen molar-refractivity contribution >= 4 is 6.09 Å². The number of aryl methyl sites for hydroxylation is 1. The second-order valence-corrected chi connectivity index (χ2v) is 7.22. The molecule has 1 aromatic rings. The van der Waals surface area contributed by atoms with Crippen molar-refractivity contribution in [3.63, 3.8) is 0 Å². The molecule has 0 fully saturated rings. The normalized spacial score (nSPS) is 12.8. The minimum absolute atomic E-state index is 0.263. The molecule has 1 unspecified atom stereocenters. The van der Waals surface area contributed by atoms with Crippen LogP contribution in [0, 0.1) is 5.92 Å². The third-order valence-electron chi connectivity index (χ3n) is 3.60. The van der Waals surface area contributed by atoms with Crippen molar-refractivity contribution in [3.05, 3.63) is 35.4 Å². The van der Waals surface area contributed by atoms with Crippen molar-refractivity contribution in [2.24, 2.45) is 5.92 Å². The van der Waals surface area contributed by atoms with E-state index in [1.54, 1.807) is 11.9 Å². The highest BCUT2D eigenvalue weighted by atomic mass is 16.6. The van der Waals surface area contributed by atoms with Gasteiger partial charge in [0.05, 0.1) is 0 Å². The summed E-state index contributed by atoms with van der Waals surface area (Å²) in [4.78, 5) is 13.6. The molecule has 4 nitrogen and oxygen atoms in total. The van der Waals surface area contributed by atoms with Gasteiger partial charge in [-0.2, -0.15) is 0 Å². The summed E-state index contributed by atoms with van der Waals surface area (Å²) in [5, 5.41) is 3.49. The molecule has 1 aromatic carbocycles. The third kappa shape index (κ3) is 7.51. The van der Waals surface area contributed by atoms with Crippen LogP contribution in [0.3, 0.4) is 0 Å². The molecular formula is C19H32N2O2. The Morgan fingerprint density at radius 2 is 1.87 bits per heavy atom. The number of nitrogens with one attached hydrogen (secondary N) is 1. The summed E-state index contributed by atoms with van der Waals surface area (Å²) < 4.78 is 5.37. The van der Waals surface area contributed by atoms with Crippen LogP contribution in [0.1, 0.15) is 45.7 Å². The highest BCUT2D eigenvalue weighted by Crippen LogP contribution is 2.11. The van der Waals surface area contributed by atoms with Crippen LogP contribution in [-0.2, 0) is 17.7 Å². The van der Waals surface area contributed by atoms with Crippen LogP contribution >= 0.6 is 0 Å². The molecule has 0 saturated carbocycles. The van der Waals surface area contributed by atoms with Gasteiger partial charge in [-0.3, -0.25) is 0 Å². The van der Waals surface area contributed by atoms with Crippen LogP contribution in [0.5, 0.6) is 0 Å². The quantitative estimate of drug-likeness (QED) is 0.830. The summed E-state index contributed by atoms with van der Waals surface area (Å²) in [6, 6.07) is 8.51. The van der Waals surface area contributed by atoms with Gasteiger partial charge >= 0.3 is 6.09 Å². The standard InChI is InChI=1S/C19H32N2O2/c1-7-16-10-8-9-11-17(16)13-20-12-15(2)14-21(6)18(22)23-19(3,4)5/h8-11,15,20H,7,12-14H2,1-6H3. The number of hydrogen-bond acceptors (Lipinski definition) is 3. The van der Waals surface area contributed by atoms with Crippen LogP contribution in [0.25, 0.3) is 0 Å². The summed E-state index contributed by atoms with van der Waals surface area (Å²) in [5.41, 5.74) is 2.29. The molecule has 0 aromatic heterocycles. The summed E-state index contributed by atoms with van der Waals surface area (Å²) in [6.07, 6.45) is 0.787. The molecule has 23 heavy (non-hydrogen) atoms. The molecule has 0 aliphatic rings. The van der Waals surface area contributed by atoms with Crippen molar-refractivity contribution in [1.29, 1.82) is 0 Å². The SMILES string of the molecule is CCc1ccccc1CNCC(C)CN(C)C(=O)OC(C)(C)C. The lowest BCUT2D eigenvalue weighted by atomic mass is 10.1. The molecule has 0 aliphatic carbocycles. The van der Waals surface area contributed by atoms with Gasteiger partial charge in [-0.15, -0.1) is 0 Å². The Balaban J connectivity index is 2.36. The van der Waals surface area contributed by atoms with Crippen LogP contribution in [0.15, 0.2) is 24.3 Å². The molecular weight excluding hydrogens is 288 g/mol. The van der Waals surface area contributed by atoms with Crippen molar-refractivity contribution < 1.29 is 9.53 Å². The molecule has 0 radical (unpaired) electrons. The van der Waals surface area contributed by atoms with Crippen molar-refractivity contribution in [3.8, 4) is 0 Å². The summed E-state index contributed by atoms with van der Waals surface area (Å²) in [5.74, 6) is 0.362. The van der Waals surface area contributed by atoms with Gasteiger partial charge in [-0.25, -0.2) is 4.79 Å². The fourth-order valence-electron chi connectivity index (χ4n) is 2.47. The average molecular weight is 320 g/mol. The Hall–Kier alpha value is -1.55. The number of hydrogen-bond donors (Lipinski definition) is 1. The molecule has 0 spiro atoms. The molecule has 130 valence electrons. The van der Waals surface area contributed by atoms with Crippen molar-refractivity contribution in [2.75, 3.05) is 20.1 Å². The van der Waals surface area contributed by atoms with Gasteiger partial charge in [-0.05, 0) is 50.8 Å². The van der Waals surface area contributed by atoms with E-state index in [1.165, 1.54) is 11.1 Å². The summed E-state index contributed by atoms with van der Waals surface area (Å²) in [6.45, 7) is 12.4. The van der Waals surface area contributed by atoms with Gasteiger partial charge < -0.3 is 15.0 Å². The smallest absolute Gasteiger partial charge is 0.410 e. The van der Waals surface area contributed by atoms with Gasteiger partial charge in [0, 0.05) is 20.1 Å². The molecule has 1 N–H and O–H groups in total. The predicted octanol–water partition coefficient (Wildman–Crippen LogP) is 3.84. The minimum Gasteiger partial charge on any atom is -0.444 e. The fraction of sp³-hybridized carbons (Fsp3) is 0.632. The Labute approximate surface area is 141 Å². The lowest BCUT2D eigenvalue weighted by Crippen LogP contribution is -2.38. The first-order valence-corrected chi connectivity index (χ1v) is 8.44. The van der Waals surface area contributed by atoms with E-state index < -0.39 is 5.60 Å². The number of rotatable bonds is 7. The third-order valence-corrected chi connectivity index (χ3v) is 3.60.